The van der Waals surface area contributed by atoms with Crippen LogP contribution < -0.4 is 9.62 Å². The summed E-state index contributed by atoms with van der Waals surface area (Å²) in [5, 5.41) is 13.6. The SMILES string of the molecule is C[C@H](NC(=O)CN(c1cccc([N+](=O)[O-])c1)S(C)(=O)=O)c1ccccc1. The Balaban J connectivity index is 2.20. The van der Waals surface area contributed by atoms with Crippen LogP contribution in [0, 0.1) is 10.1 Å². The molecule has 26 heavy (non-hydrogen) atoms. The molecule has 0 unspecified atom stereocenters. The molecule has 0 spiro atoms. The molecule has 138 valence electrons. The van der Waals surface area contributed by atoms with Crippen molar-refractivity contribution < 1.29 is 18.1 Å². The van der Waals surface area contributed by atoms with Gasteiger partial charge in [-0.2, -0.15) is 0 Å². The maximum absolute atomic E-state index is 12.3. The molecule has 0 radical (unpaired) electrons. The zero-order chi connectivity index (χ0) is 19.3. The third-order valence-electron chi connectivity index (χ3n) is 3.69. The Morgan fingerprint density at radius 3 is 2.42 bits per heavy atom. The number of rotatable bonds is 7. The average molecular weight is 377 g/mol. The largest absolute Gasteiger partial charge is 0.348 e. The molecule has 1 atom stereocenters. The predicted molar refractivity (Wildman–Crippen MR) is 98.3 cm³/mol. The highest BCUT2D eigenvalue weighted by atomic mass is 32.2. The van der Waals surface area contributed by atoms with Gasteiger partial charge in [0.25, 0.3) is 5.69 Å². The molecular weight excluding hydrogens is 358 g/mol. The predicted octanol–water partition coefficient (Wildman–Crippen LogP) is 2.24. The first-order valence-corrected chi connectivity index (χ1v) is 9.60. The minimum atomic E-state index is -3.81. The van der Waals surface area contributed by atoms with Crippen LogP contribution in [0.2, 0.25) is 0 Å². The van der Waals surface area contributed by atoms with Gasteiger partial charge in [-0.1, -0.05) is 36.4 Å². The minimum absolute atomic E-state index is 0.0595. The number of anilines is 1. The average Bonchev–Trinajstić information content (AvgIpc) is 2.59. The number of hydrogen-bond donors (Lipinski definition) is 1. The van der Waals surface area contributed by atoms with Gasteiger partial charge >= 0.3 is 0 Å². The lowest BCUT2D eigenvalue weighted by Crippen LogP contribution is -2.41. The van der Waals surface area contributed by atoms with Crippen LogP contribution in [-0.4, -0.2) is 32.0 Å². The Bertz CT molecular complexity index is 900. The number of nitro groups is 1. The van der Waals surface area contributed by atoms with Crippen LogP contribution in [0.4, 0.5) is 11.4 Å². The van der Waals surface area contributed by atoms with E-state index in [4.69, 9.17) is 0 Å². The molecule has 1 amide bonds. The highest BCUT2D eigenvalue weighted by Crippen LogP contribution is 2.23. The number of carbonyl (C=O) groups excluding carboxylic acids is 1. The van der Waals surface area contributed by atoms with Gasteiger partial charge in [-0.25, -0.2) is 8.42 Å². The lowest BCUT2D eigenvalue weighted by Gasteiger charge is -2.23. The first-order valence-electron chi connectivity index (χ1n) is 7.75. The summed E-state index contributed by atoms with van der Waals surface area (Å²) in [6, 6.07) is 14.1. The van der Waals surface area contributed by atoms with Gasteiger partial charge in [0.2, 0.25) is 15.9 Å². The zero-order valence-corrected chi connectivity index (χ0v) is 15.1. The Hall–Kier alpha value is -2.94. The van der Waals surface area contributed by atoms with Crippen molar-refractivity contribution in [2.45, 2.75) is 13.0 Å². The van der Waals surface area contributed by atoms with Crippen LogP contribution in [0.1, 0.15) is 18.5 Å². The van der Waals surface area contributed by atoms with E-state index >= 15 is 0 Å². The molecule has 0 saturated heterocycles. The highest BCUT2D eigenvalue weighted by molar-refractivity contribution is 7.92. The van der Waals surface area contributed by atoms with E-state index in [1.54, 1.807) is 6.92 Å². The van der Waals surface area contributed by atoms with E-state index < -0.39 is 27.4 Å². The number of nitrogens with zero attached hydrogens (tertiary/aromatic N) is 2. The maximum atomic E-state index is 12.3. The standard InChI is InChI=1S/C17H19N3O5S/c1-13(14-7-4-3-5-8-14)18-17(21)12-19(26(2,24)25)15-9-6-10-16(11-15)20(22)23/h3-11,13H,12H2,1-2H3,(H,18,21)/t13-/m0/s1. The number of sulfonamides is 1. The van der Waals surface area contributed by atoms with Crippen LogP contribution in [0.25, 0.3) is 0 Å². The molecule has 0 aromatic heterocycles. The number of non-ortho nitro benzene ring substituents is 1. The monoisotopic (exact) mass is 377 g/mol. The molecule has 1 N–H and O–H groups in total. The zero-order valence-electron chi connectivity index (χ0n) is 14.3. The molecule has 2 rings (SSSR count). The van der Waals surface area contributed by atoms with E-state index in [1.807, 2.05) is 30.3 Å². The van der Waals surface area contributed by atoms with Gasteiger partial charge < -0.3 is 5.32 Å². The highest BCUT2D eigenvalue weighted by Gasteiger charge is 2.23. The fraction of sp³-hybridized carbons (Fsp3) is 0.235. The molecule has 0 aliphatic heterocycles. The van der Waals surface area contributed by atoms with Crippen molar-refractivity contribution in [1.82, 2.24) is 5.32 Å². The van der Waals surface area contributed by atoms with E-state index in [9.17, 15) is 23.3 Å². The van der Waals surface area contributed by atoms with Crippen LogP contribution in [-0.2, 0) is 14.8 Å². The van der Waals surface area contributed by atoms with Crippen LogP contribution in [0.15, 0.2) is 54.6 Å². The van der Waals surface area contributed by atoms with Gasteiger partial charge in [-0.3, -0.25) is 19.2 Å². The van der Waals surface area contributed by atoms with Gasteiger partial charge in [0.15, 0.2) is 0 Å². The van der Waals surface area contributed by atoms with Crippen LogP contribution in [0.3, 0.4) is 0 Å². The second-order valence-electron chi connectivity index (χ2n) is 5.75. The Morgan fingerprint density at radius 2 is 1.85 bits per heavy atom. The normalized spacial score (nSPS) is 12.2. The first-order chi connectivity index (χ1) is 12.2. The topological polar surface area (TPSA) is 110 Å². The number of nitro benzene ring substituents is 1. The summed E-state index contributed by atoms with van der Waals surface area (Å²) in [5.41, 5.74) is 0.681. The van der Waals surface area contributed by atoms with Crippen molar-refractivity contribution in [2.24, 2.45) is 0 Å². The van der Waals surface area contributed by atoms with Gasteiger partial charge in [0.1, 0.15) is 6.54 Å². The molecule has 2 aromatic carbocycles. The maximum Gasteiger partial charge on any atom is 0.271 e. The minimum Gasteiger partial charge on any atom is -0.348 e. The number of hydrogen-bond acceptors (Lipinski definition) is 5. The molecular formula is C17H19N3O5S. The van der Waals surface area contributed by atoms with E-state index in [0.717, 1.165) is 22.2 Å². The molecule has 0 aliphatic rings. The smallest absolute Gasteiger partial charge is 0.271 e. The van der Waals surface area contributed by atoms with E-state index in [0.29, 0.717) is 0 Å². The summed E-state index contributed by atoms with van der Waals surface area (Å²) in [6.45, 7) is 1.31. The Kier molecular flexibility index (Phi) is 5.93. The van der Waals surface area contributed by atoms with E-state index in [-0.39, 0.29) is 17.4 Å². The number of nitrogens with one attached hydrogen (secondary N) is 1. The van der Waals surface area contributed by atoms with E-state index in [2.05, 4.69) is 5.32 Å². The fourth-order valence-corrected chi connectivity index (χ4v) is 3.25. The van der Waals surface area contributed by atoms with Crippen molar-refractivity contribution in [3.05, 3.63) is 70.3 Å². The Morgan fingerprint density at radius 1 is 1.19 bits per heavy atom. The summed E-state index contributed by atoms with van der Waals surface area (Å²) < 4.78 is 25.0. The number of carbonyl (C=O) groups is 1. The molecule has 2 aromatic rings. The third kappa shape index (κ3) is 5.03. The number of amides is 1. The fourth-order valence-electron chi connectivity index (χ4n) is 2.40. The van der Waals surface area contributed by atoms with Crippen molar-refractivity contribution in [3.8, 4) is 0 Å². The Labute approximate surface area is 151 Å². The van der Waals surface area contributed by atoms with Crippen molar-refractivity contribution >= 4 is 27.3 Å². The van der Waals surface area contributed by atoms with Gasteiger partial charge in [0, 0.05) is 12.1 Å². The molecule has 0 aliphatic carbocycles. The molecule has 0 saturated carbocycles. The summed E-state index contributed by atoms with van der Waals surface area (Å²) in [6.07, 6.45) is 0.944. The summed E-state index contributed by atoms with van der Waals surface area (Å²) >= 11 is 0. The van der Waals surface area contributed by atoms with E-state index in [1.165, 1.54) is 18.2 Å². The molecule has 0 heterocycles. The molecule has 0 fully saturated rings. The van der Waals surface area contributed by atoms with Crippen molar-refractivity contribution in [3.63, 3.8) is 0 Å². The van der Waals surface area contributed by atoms with Crippen molar-refractivity contribution in [1.29, 1.82) is 0 Å². The summed E-state index contributed by atoms with van der Waals surface area (Å²) in [5.74, 6) is -0.515. The third-order valence-corrected chi connectivity index (χ3v) is 4.83. The molecule has 8 nitrogen and oxygen atoms in total. The van der Waals surface area contributed by atoms with Gasteiger partial charge in [-0.05, 0) is 18.6 Å². The first kappa shape index (κ1) is 19.4. The summed E-state index contributed by atoms with van der Waals surface area (Å²) in [4.78, 5) is 22.6. The molecule has 0 bridgehead atoms. The second-order valence-corrected chi connectivity index (χ2v) is 7.65. The molecule has 9 heteroatoms. The van der Waals surface area contributed by atoms with Gasteiger partial charge in [0.05, 0.1) is 22.9 Å². The lowest BCUT2D eigenvalue weighted by molar-refractivity contribution is -0.384. The van der Waals surface area contributed by atoms with Crippen LogP contribution in [0.5, 0.6) is 0 Å². The quantitative estimate of drug-likeness (QED) is 0.588. The number of benzene rings is 2. The second kappa shape index (κ2) is 7.96. The van der Waals surface area contributed by atoms with Crippen molar-refractivity contribution in [2.75, 3.05) is 17.1 Å². The summed E-state index contributed by atoms with van der Waals surface area (Å²) in [7, 11) is -3.81. The lowest BCUT2D eigenvalue weighted by atomic mass is 10.1. The van der Waals surface area contributed by atoms with Gasteiger partial charge in [-0.15, -0.1) is 0 Å². The van der Waals surface area contributed by atoms with Crippen LogP contribution >= 0.6 is 0 Å².